The molecule has 2 N–H and O–H groups in total. The fourth-order valence-electron chi connectivity index (χ4n) is 1.04. The van der Waals surface area contributed by atoms with Crippen LogP contribution in [0.25, 0.3) is 0 Å². The van der Waals surface area contributed by atoms with Crippen molar-refractivity contribution in [2.24, 2.45) is 0 Å². The van der Waals surface area contributed by atoms with E-state index in [2.05, 4.69) is 23.3 Å². The molecule has 0 aliphatic carbocycles. The Hall–Kier alpha value is -0.0600. The van der Waals surface area contributed by atoms with E-state index in [9.17, 15) is 4.79 Å². The zero-order valence-electron chi connectivity index (χ0n) is 7.76. The Morgan fingerprint density at radius 2 is 2.08 bits per heavy atom. The monoisotopic (exact) mass is 190 g/mol. The Morgan fingerprint density at radius 3 is 2.50 bits per heavy atom. The third kappa shape index (κ3) is 5.57. The van der Waals surface area contributed by atoms with Crippen LogP contribution in [0, 0.1) is 0 Å². The van der Waals surface area contributed by atoms with Crippen molar-refractivity contribution in [2.45, 2.75) is 25.3 Å². The summed E-state index contributed by atoms with van der Waals surface area (Å²) in [5, 5.41) is 5.93. The molecule has 0 heterocycles. The van der Waals surface area contributed by atoms with Gasteiger partial charge in [0, 0.05) is 0 Å². The second-order valence-electron chi connectivity index (χ2n) is 2.78. The van der Waals surface area contributed by atoms with Gasteiger partial charge in [0.15, 0.2) is 0 Å². The molecule has 4 heteroatoms. The van der Waals surface area contributed by atoms with E-state index in [0.29, 0.717) is 0 Å². The Kier molecular flexibility index (Phi) is 7.54. The maximum Gasteiger partial charge on any atom is 0.202 e. The first kappa shape index (κ1) is 11.9. The van der Waals surface area contributed by atoms with Crippen molar-refractivity contribution in [3.05, 3.63) is 0 Å². The summed E-state index contributed by atoms with van der Waals surface area (Å²) in [4.78, 5) is 10.8. The highest BCUT2D eigenvalue weighted by Crippen LogP contribution is 2.02. The summed E-state index contributed by atoms with van der Waals surface area (Å²) >= 11 is 3.78. The molecule has 1 atom stereocenters. The van der Waals surface area contributed by atoms with E-state index >= 15 is 0 Å². The summed E-state index contributed by atoms with van der Waals surface area (Å²) in [5.41, 5.74) is 0. The minimum atomic E-state index is -0.0785. The smallest absolute Gasteiger partial charge is 0.202 e. The van der Waals surface area contributed by atoms with Gasteiger partial charge in [-0.05, 0) is 33.5 Å². The molecule has 0 radical (unpaired) electrons. The van der Waals surface area contributed by atoms with Gasteiger partial charge in [0.25, 0.3) is 0 Å². The number of rotatable bonds is 7. The summed E-state index contributed by atoms with van der Waals surface area (Å²) in [5.74, 6) is 0. The number of hydrogen-bond acceptors (Lipinski definition) is 3. The number of carbonyl (C=O) groups is 1. The largest absolute Gasteiger partial charge is 0.320 e. The van der Waals surface area contributed by atoms with E-state index in [1.54, 1.807) is 7.05 Å². The van der Waals surface area contributed by atoms with Crippen LogP contribution in [0.5, 0.6) is 0 Å². The van der Waals surface area contributed by atoms with Gasteiger partial charge in [-0.3, -0.25) is 4.79 Å². The lowest BCUT2D eigenvalue weighted by Crippen LogP contribution is -2.31. The van der Waals surface area contributed by atoms with Crippen molar-refractivity contribution < 1.29 is 4.79 Å². The van der Waals surface area contributed by atoms with Crippen LogP contribution in [0.4, 0.5) is 0 Å². The first-order chi connectivity index (χ1) is 5.72. The van der Waals surface area contributed by atoms with E-state index in [-0.39, 0.29) is 11.2 Å². The number of nitrogens with one attached hydrogen (secondary N) is 2. The van der Waals surface area contributed by atoms with Crippen molar-refractivity contribution in [2.75, 3.05) is 20.6 Å². The van der Waals surface area contributed by atoms with Gasteiger partial charge < -0.3 is 10.6 Å². The second kappa shape index (κ2) is 7.58. The van der Waals surface area contributed by atoms with E-state index in [1.807, 2.05) is 7.05 Å². The number of thiol groups is 1. The molecule has 0 bridgehead atoms. The lowest BCUT2D eigenvalue weighted by molar-refractivity contribution is -0.112. The Labute approximate surface area is 79.7 Å². The average molecular weight is 190 g/mol. The molecule has 0 aromatic rings. The van der Waals surface area contributed by atoms with Gasteiger partial charge in [-0.2, -0.15) is 0 Å². The van der Waals surface area contributed by atoms with Crippen molar-refractivity contribution in [3.63, 3.8) is 0 Å². The number of carbonyl (C=O) groups excluding carboxylic acids is 1. The lowest BCUT2D eigenvalue weighted by atomic mass is 10.1. The summed E-state index contributed by atoms with van der Waals surface area (Å²) in [6, 6.07) is -0.0785. The molecule has 0 aliphatic heterocycles. The lowest BCUT2D eigenvalue weighted by Gasteiger charge is -2.10. The average Bonchev–Trinajstić information content (AvgIpc) is 2.04. The van der Waals surface area contributed by atoms with Crippen LogP contribution >= 0.6 is 12.6 Å². The summed E-state index contributed by atoms with van der Waals surface area (Å²) < 4.78 is 0. The Morgan fingerprint density at radius 1 is 1.42 bits per heavy atom. The molecule has 3 nitrogen and oxygen atoms in total. The maximum atomic E-state index is 10.8. The van der Waals surface area contributed by atoms with Crippen LogP contribution in [0.2, 0.25) is 0 Å². The zero-order chi connectivity index (χ0) is 9.40. The maximum absolute atomic E-state index is 10.8. The van der Waals surface area contributed by atoms with E-state index in [4.69, 9.17) is 0 Å². The van der Waals surface area contributed by atoms with Crippen molar-refractivity contribution in [3.8, 4) is 0 Å². The van der Waals surface area contributed by atoms with Gasteiger partial charge in [-0.1, -0.05) is 6.42 Å². The van der Waals surface area contributed by atoms with Crippen molar-refractivity contribution in [1.82, 2.24) is 10.6 Å². The van der Waals surface area contributed by atoms with Crippen LogP contribution < -0.4 is 10.6 Å². The van der Waals surface area contributed by atoms with Crippen LogP contribution in [0.15, 0.2) is 0 Å². The highest BCUT2D eigenvalue weighted by molar-refractivity contribution is 7.96. The Balaban J connectivity index is 3.38. The highest BCUT2D eigenvalue weighted by Gasteiger charge is 2.10. The van der Waals surface area contributed by atoms with Gasteiger partial charge in [0.1, 0.15) is 0 Å². The Bertz CT molecular complexity index is 130. The summed E-state index contributed by atoms with van der Waals surface area (Å²) in [7, 11) is 3.72. The molecule has 72 valence electrons. The van der Waals surface area contributed by atoms with Crippen LogP contribution in [0.1, 0.15) is 19.3 Å². The quantitative estimate of drug-likeness (QED) is 0.402. The third-order valence-corrected chi connectivity index (χ3v) is 2.13. The van der Waals surface area contributed by atoms with Gasteiger partial charge in [-0.25, -0.2) is 0 Å². The molecule has 0 amide bonds. The summed E-state index contributed by atoms with van der Waals surface area (Å²) in [6.45, 7) is 1.01. The molecule has 1 unspecified atom stereocenters. The second-order valence-corrected chi connectivity index (χ2v) is 3.22. The molecule has 0 saturated heterocycles. The predicted molar refractivity (Wildman–Crippen MR) is 54.6 cm³/mol. The molecule has 0 rings (SSSR count). The number of unbranched alkanes of at least 4 members (excludes halogenated alkanes) is 1. The molecule has 0 fully saturated rings. The fraction of sp³-hybridized carbons (Fsp3) is 0.875. The minimum Gasteiger partial charge on any atom is -0.320 e. The van der Waals surface area contributed by atoms with Crippen LogP contribution in [0.3, 0.4) is 0 Å². The van der Waals surface area contributed by atoms with E-state index in [0.717, 1.165) is 25.8 Å². The predicted octanol–water partition coefficient (Wildman–Crippen LogP) is 0.420. The first-order valence-corrected chi connectivity index (χ1v) is 4.71. The van der Waals surface area contributed by atoms with Crippen LogP contribution in [-0.2, 0) is 4.79 Å². The first-order valence-electron chi connectivity index (χ1n) is 4.27. The van der Waals surface area contributed by atoms with Gasteiger partial charge in [0.2, 0.25) is 5.12 Å². The van der Waals surface area contributed by atoms with Gasteiger partial charge in [0.05, 0.1) is 6.04 Å². The fourth-order valence-corrected chi connectivity index (χ4v) is 1.30. The van der Waals surface area contributed by atoms with Gasteiger partial charge >= 0.3 is 0 Å². The number of likely N-dealkylation sites (N-methyl/N-ethyl adjacent to an activating group) is 1. The summed E-state index contributed by atoms with van der Waals surface area (Å²) in [6.07, 6.45) is 3.04. The molecule has 12 heavy (non-hydrogen) atoms. The zero-order valence-corrected chi connectivity index (χ0v) is 8.66. The SMILES string of the molecule is CNCCCCC(NC)C(=O)S. The molecule has 0 saturated carbocycles. The van der Waals surface area contributed by atoms with Crippen molar-refractivity contribution in [1.29, 1.82) is 0 Å². The van der Waals surface area contributed by atoms with E-state index in [1.165, 1.54) is 0 Å². The molecular weight excluding hydrogens is 172 g/mol. The molecule has 0 aromatic carbocycles. The number of hydrogen-bond donors (Lipinski definition) is 3. The third-order valence-electron chi connectivity index (χ3n) is 1.82. The standard InChI is InChI=1S/C8H18N2OS/c1-9-6-4-3-5-7(10-2)8(11)12/h7,9-10H,3-6H2,1-2H3,(H,11,12). The molecule has 0 spiro atoms. The minimum absolute atomic E-state index is 0.0676. The van der Waals surface area contributed by atoms with Gasteiger partial charge in [-0.15, -0.1) is 12.6 Å². The highest BCUT2D eigenvalue weighted by atomic mass is 32.1. The molecular formula is C8H18N2OS. The molecule has 0 aromatic heterocycles. The normalized spacial score (nSPS) is 12.9. The topological polar surface area (TPSA) is 41.1 Å². The van der Waals surface area contributed by atoms with Crippen molar-refractivity contribution >= 4 is 17.7 Å². The van der Waals surface area contributed by atoms with E-state index < -0.39 is 0 Å². The van der Waals surface area contributed by atoms with Crippen LogP contribution in [-0.4, -0.2) is 31.8 Å². The molecule has 0 aliphatic rings.